The lowest BCUT2D eigenvalue weighted by atomic mass is 9.89. The molecule has 2 atom stereocenters. The zero-order valence-corrected chi connectivity index (χ0v) is 13.3. The van der Waals surface area contributed by atoms with Crippen molar-refractivity contribution in [2.24, 2.45) is 11.7 Å². The predicted octanol–water partition coefficient (Wildman–Crippen LogP) is 4.04. The van der Waals surface area contributed by atoms with Crippen LogP contribution in [-0.2, 0) is 11.2 Å². The predicted molar refractivity (Wildman–Crippen MR) is 85.3 cm³/mol. The van der Waals surface area contributed by atoms with E-state index in [0.717, 1.165) is 5.56 Å². The number of nitrogens with two attached hydrogens (primary N) is 1. The first-order chi connectivity index (χ1) is 9.99. The first-order valence-corrected chi connectivity index (χ1v) is 7.55. The second kappa shape index (κ2) is 6.96. The molecule has 2 aromatic carbocycles. The average Bonchev–Trinajstić information content (AvgIpc) is 2.49. The molecular formula is C17H17BrFNO. The Morgan fingerprint density at radius 3 is 2.52 bits per heavy atom. The van der Waals surface area contributed by atoms with Crippen LogP contribution in [0.2, 0.25) is 0 Å². The van der Waals surface area contributed by atoms with E-state index < -0.39 is 0 Å². The van der Waals surface area contributed by atoms with E-state index in [-0.39, 0.29) is 30.0 Å². The highest BCUT2D eigenvalue weighted by molar-refractivity contribution is 9.10. The Morgan fingerprint density at radius 1 is 1.24 bits per heavy atom. The molecule has 4 heteroatoms. The number of Topliss-reactive ketones (excluding diaryl/α,β-unsaturated/α-hetero) is 1. The number of hydrogen-bond donors (Lipinski definition) is 1. The lowest BCUT2D eigenvalue weighted by Crippen LogP contribution is -2.27. The zero-order chi connectivity index (χ0) is 15.4. The average molecular weight is 350 g/mol. The molecule has 2 nitrogen and oxygen atoms in total. The fourth-order valence-electron chi connectivity index (χ4n) is 2.18. The van der Waals surface area contributed by atoms with Gasteiger partial charge in [0.1, 0.15) is 11.6 Å². The Balaban J connectivity index is 2.09. The monoisotopic (exact) mass is 349 g/mol. The molecule has 0 heterocycles. The van der Waals surface area contributed by atoms with E-state index in [0.29, 0.717) is 10.0 Å². The van der Waals surface area contributed by atoms with Crippen LogP contribution in [0.4, 0.5) is 4.39 Å². The highest BCUT2D eigenvalue weighted by Gasteiger charge is 2.22. The molecule has 0 radical (unpaired) electrons. The minimum absolute atomic E-state index is 0.0564. The van der Waals surface area contributed by atoms with Gasteiger partial charge in [0, 0.05) is 22.9 Å². The molecule has 0 aliphatic carbocycles. The van der Waals surface area contributed by atoms with Gasteiger partial charge >= 0.3 is 0 Å². The Kier molecular flexibility index (Phi) is 5.26. The fraction of sp³-hybridized carbons (Fsp3) is 0.235. The van der Waals surface area contributed by atoms with Crippen LogP contribution in [-0.4, -0.2) is 5.78 Å². The van der Waals surface area contributed by atoms with Crippen LogP contribution in [0.15, 0.2) is 53.0 Å². The van der Waals surface area contributed by atoms with Crippen molar-refractivity contribution < 1.29 is 9.18 Å². The van der Waals surface area contributed by atoms with Gasteiger partial charge in [-0.3, -0.25) is 4.79 Å². The molecule has 2 aromatic rings. The SMILES string of the molecule is CC(C(=O)Cc1ccc(Br)cc1F)C(N)c1ccccc1. The summed E-state index contributed by atoms with van der Waals surface area (Å²) in [5.74, 6) is -0.804. The van der Waals surface area contributed by atoms with Crippen LogP contribution < -0.4 is 5.73 Å². The molecule has 0 saturated carbocycles. The first-order valence-electron chi connectivity index (χ1n) is 6.76. The van der Waals surface area contributed by atoms with Gasteiger partial charge in [-0.25, -0.2) is 4.39 Å². The van der Waals surface area contributed by atoms with Crippen molar-refractivity contribution in [2.75, 3.05) is 0 Å². The van der Waals surface area contributed by atoms with Crippen molar-refractivity contribution in [2.45, 2.75) is 19.4 Å². The van der Waals surface area contributed by atoms with E-state index in [1.165, 1.54) is 6.07 Å². The van der Waals surface area contributed by atoms with Crippen LogP contribution in [0.3, 0.4) is 0 Å². The smallest absolute Gasteiger partial charge is 0.142 e. The van der Waals surface area contributed by atoms with Gasteiger partial charge in [-0.15, -0.1) is 0 Å². The second-order valence-electron chi connectivity index (χ2n) is 5.10. The molecule has 0 saturated heterocycles. The van der Waals surface area contributed by atoms with Crippen molar-refractivity contribution in [1.82, 2.24) is 0 Å². The van der Waals surface area contributed by atoms with E-state index in [9.17, 15) is 9.18 Å². The highest BCUT2D eigenvalue weighted by atomic mass is 79.9. The first kappa shape index (κ1) is 15.9. The summed E-state index contributed by atoms with van der Waals surface area (Å²) in [5.41, 5.74) is 7.44. The third-order valence-corrected chi connectivity index (χ3v) is 4.10. The van der Waals surface area contributed by atoms with Crippen LogP contribution in [0.5, 0.6) is 0 Å². The van der Waals surface area contributed by atoms with E-state index in [2.05, 4.69) is 15.9 Å². The normalized spacial score (nSPS) is 13.7. The van der Waals surface area contributed by atoms with Gasteiger partial charge in [-0.2, -0.15) is 0 Å². The van der Waals surface area contributed by atoms with Crippen molar-refractivity contribution in [3.63, 3.8) is 0 Å². The van der Waals surface area contributed by atoms with Crippen molar-refractivity contribution in [1.29, 1.82) is 0 Å². The molecule has 0 aliphatic heterocycles. The van der Waals surface area contributed by atoms with Crippen LogP contribution >= 0.6 is 15.9 Å². The molecule has 2 N–H and O–H groups in total. The Hall–Kier alpha value is -1.52. The molecule has 0 bridgehead atoms. The van der Waals surface area contributed by atoms with Gasteiger partial charge < -0.3 is 5.73 Å². The number of rotatable bonds is 5. The molecule has 110 valence electrons. The van der Waals surface area contributed by atoms with Gasteiger partial charge in [0.2, 0.25) is 0 Å². The Labute approximate surface area is 132 Å². The van der Waals surface area contributed by atoms with Gasteiger partial charge in [0.25, 0.3) is 0 Å². The number of carbonyl (C=O) groups excluding carboxylic acids is 1. The number of halogens is 2. The summed E-state index contributed by atoms with van der Waals surface area (Å²) in [4.78, 5) is 12.3. The largest absolute Gasteiger partial charge is 0.323 e. The summed E-state index contributed by atoms with van der Waals surface area (Å²) in [6, 6.07) is 13.8. The van der Waals surface area contributed by atoms with Gasteiger partial charge in [0.15, 0.2) is 0 Å². The molecule has 2 rings (SSSR count). The van der Waals surface area contributed by atoms with E-state index in [4.69, 9.17) is 5.73 Å². The summed E-state index contributed by atoms with van der Waals surface area (Å²) in [7, 11) is 0. The molecule has 21 heavy (non-hydrogen) atoms. The molecule has 0 amide bonds. The number of hydrogen-bond acceptors (Lipinski definition) is 2. The zero-order valence-electron chi connectivity index (χ0n) is 11.7. The van der Waals surface area contributed by atoms with Crippen molar-refractivity contribution >= 4 is 21.7 Å². The minimum atomic E-state index is -0.378. The lowest BCUT2D eigenvalue weighted by molar-refractivity contribution is -0.122. The number of carbonyl (C=O) groups is 1. The van der Waals surface area contributed by atoms with Crippen molar-refractivity contribution in [3.05, 3.63) is 69.9 Å². The van der Waals surface area contributed by atoms with Gasteiger partial charge in [-0.05, 0) is 23.3 Å². The maximum Gasteiger partial charge on any atom is 0.142 e. The van der Waals surface area contributed by atoms with E-state index >= 15 is 0 Å². The van der Waals surface area contributed by atoms with Gasteiger partial charge in [0.05, 0.1) is 0 Å². The summed E-state index contributed by atoms with van der Waals surface area (Å²) < 4.78 is 14.4. The fourth-order valence-corrected chi connectivity index (χ4v) is 2.51. The van der Waals surface area contributed by atoms with Crippen LogP contribution in [0, 0.1) is 11.7 Å². The topological polar surface area (TPSA) is 43.1 Å². The van der Waals surface area contributed by atoms with E-state index in [1.54, 1.807) is 19.1 Å². The van der Waals surface area contributed by atoms with Crippen LogP contribution in [0.1, 0.15) is 24.1 Å². The standard InChI is InChI=1S/C17H17BrFNO/c1-11(17(20)12-5-3-2-4-6-12)16(21)9-13-7-8-14(18)10-15(13)19/h2-8,10-11,17H,9,20H2,1H3. The van der Waals surface area contributed by atoms with E-state index in [1.807, 2.05) is 30.3 Å². The maximum absolute atomic E-state index is 13.8. The Bertz CT molecular complexity index is 630. The molecular weight excluding hydrogens is 333 g/mol. The molecule has 0 aromatic heterocycles. The maximum atomic E-state index is 13.8. The minimum Gasteiger partial charge on any atom is -0.323 e. The third-order valence-electron chi connectivity index (χ3n) is 3.61. The van der Waals surface area contributed by atoms with Crippen LogP contribution in [0.25, 0.3) is 0 Å². The molecule has 0 fully saturated rings. The quantitative estimate of drug-likeness (QED) is 0.885. The van der Waals surface area contributed by atoms with Gasteiger partial charge in [-0.1, -0.05) is 59.3 Å². The summed E-state index contributed by atoms with van der Waals surface area (Å²) >= 11 is 3.20. The van der Waals surface area contributed by atoms with Crippen molar-refractivity contribution in [3.8, 4) is 0 Å². The number of ketones is 1. The molecule has 2 unspecified atom stereocenters. The molecule has 0 aliphatic rings. The molecule has 0 spiro atoms. The third kappa shape index (κ3) is 3.99. The Morgan fingerprint density at radius 2 is 1.90 bits per heavy atom. The highest BCUT2D eigenvalue weighted by Crippen LogP contribution is 2.22. The summed E-state index contributed by atoms with van der Waals surface area (Å²) in [6.07, 6.45) is 0.0564. The summed E-state index contributed by atoms with van der Waals surface area (Å²) in [6.45, 7) is 1.79. The summed E-state index contributed by atoms with van der Waals surface area (Å²) in [5, 5.41) is 0. The number of benzene rings is 2. The second-order valence-corrected chi connectivity index (χ2v) is 6.02. The lowest BCUT2D eigenvalue weighted by Gasteiger charge is -2.19.